The molecule has 1 aromatic heterocycles. The largest absolute Gasteiger partial charge is 0.486 e. The second-order valence-corrected chi connectivity index (χ2v) is 10.3. The van der Waals surface area contributed by atoms with E-state index in [2.05, 4.69) is 40.7 Å². The summed E-state index contributed by atoms with van der Waals surface area (Å²) in [5.74, 6) is 2.43. The highest BCUT2D eigenvalue weighted by Crippen LogP contribution is 2.42. The number of thioether (sulfide) groups is 1. The average molecular weight is 449 g/mol. The molecule has 1 fully saturated rings. The van der Waals surface area contributed by atoms with Crippen LogP contribution in [0.25, 0.3) is 0 Å². The molecule has 2 N–H and O–H groups in total. The first-order chi connectivity index (χ1) is 14.5. The summed E-state index contributed by atoms with van der Waals surface area (Å²) in [6, 6.07) is 6.05. The number of amides is 1. The fourth-order valence-electron chi connectivity index (χ4n) is 3.87. The first-order valence-corrected chi connectivity index (χ1v) is 12.3. The van der Waals surface area contributed by atoms with Crippen LogP contribution in [0, 0.1) is 5.92 Å². The van der Waals surface area contributed by atoms with Crippen molar-refractivity contribution in [2.75, 3.05) is 30.8 Å². The van der Waals surface area contributed by atoms with Crippen molar-refractivity contribution in [2.24, 2.45) is 5.92 Å². The quantitative estimate of drug-likeness (QED) is 0.589. The van der Waals surface area contributed by atoms with Crippen molar-refractivity contribution >= 4 is 34.1 Å². The van der Waals surface area contributed by atoms with Crippen LogP contribution in [-0.2, 0) is 10.3 Å². The van der Waals surface area contributed by atoms with Crippen molar-refractivity contribution in [1.29, 1.82) is 0 Å². The molecule has 9 heteroatoms. The summed E-state index contributed by atoms with van der Waals surface area (Å²) in [5, 5.41) is 15.7. The predicted molar refractivity (Wildman–Crippen MR) is 120 cm³/mol. The molecule has 1 aliphatic carbocycles. The van der Waals surface area contributed by atoms with Gasteiger partial charge >= 0.3 is 0 Å². The second kappa shape index (κ2) is 9.43. The number of ether oxygens (including phenoxy) is 2. The third-order valence-electron chi connectivity index (χ3n) is 5.33. The van der Waals surface area contributed by atoms with E-state index in [0.717, 1.165) is 58.8 Å². The highest BCUT2D eigenvalue weighted by molar-refractivity contribution is 8.01. The average Bonchev–Trinajstić information content (AvgIpc) is 3.40. The van der Waals surface area contributed by atoms with Crippen molar-refractivity contribution in [3.8, 4) is 11.5 Å². The number of anilines is 1. The lowest BCUT2D eigenvalue weighted by atomic mass is 9.87. The van der Waals surface area contributed by atoms with Gasteiger partial charge in [0.25, 0.3) is 0 Å². The van der Waals surface area contributed by atoms with E-state index >= 15 is 0 Å². The lowest BCUT2D eigenvalue weighted by molar-refractivity contribution is -0.120. The van der Waals surface area contributed by atoms with E-state index in [-0.39, 0.29) is 11.4 Å². The minimum absolute atomic E-state index is 0.0173. The normalized spacial score (nSPS) is 17.2. The minimum atomic E-state index is -0.335. The molecule has 2 heterocycles. The topological polar surface area (TPSA) is 85.4 Å². The maximum absolute atomic E-state index is 12.8. The number of hydrogen-bond acceptors (Lipinski definition) is 8. The Kier molecular flexibility index (Phi) is 6.67. The van der Waals surface area contributed by atoms with Gasteiger partial charge in [-0.1, -0.05) is 55.9 Å². The molecule has 4 rings (SSSR count). The summed E-state index contributed by atoms with van der Waals surface area (Å²) in [7, 11) is 0. The van der Waals surface area contributed by atoms with Crippen LogP contribution < -0.4 is 20.1 Å². The molecular weight excluding hydrogens is 420 g/mol. The number of fused-ring (bicyclic) bond motifs is 1. The molecule has 1 aromatic carbocycles. The Morgan fingerprint density at radius 1 is 1.20 bits per heavy atom. The molecule has 0 saturated heterocycles. The molecule has 0 spiro atoms. The van der Waals surface area contributed by atoms with E-state index in [9.17, 15) is 4.79 Å². The number of carbonyl (C=O) groups is 1. The Bertz CT molecular complexity index is 881. The van der Waals surface area contributed by atoms with Crippen LogP contribution in [-0.4, -0.2) is 41.6 Å². The zero-order valence-electron chi connectivity index (χ0n) is 17.4. The van der Waals surface area contributed by atoms with Gasteiger partial charge in [-0.2, -0.15) is 0 Å². The molecule has 0 bridgehead atoms. The lowest BCUT2D eigenvalue weighted by Gasteiger charge is -2.32. The monoisotopic (exact) mass is 448 g/mol. The number of nitrogens with one attached hydrogen (secondary N) is 2. The number of benzene rings is 1. The van der Waals surface area contributed by atoms with E-state index in [0.29, 0.717) is 24.9 Å². The summed E-state index contributed by atoms with van der Waals surface area (Å²) in [5.41, 5.74) is 0.761. The van der Waals surface area contributed by atoms with Crippen LogP contribution in [0.4, 0.5) is 5.13 Å². The predicted octanol–water partition coefficient (Wildman–Crippen LogP) is 4.06. The van der Waals surface area contributed by atoms with E-state index in [1.54, 1.807) is 0 Å². The van der Waals surface area contributed by atoms with Crippen molar-refractivity contribution < 1.29 is 14.3 Å². The fourth-order valence-corrected chi connectivity index (χ4v) is 5.43. The van der Waals surface area contributed by atoms with Gasteiger partial charge in [0, 0.05) is 6.54 Å². The molecule has 30 heavy (non-hydrogen) atoms. The van der Waals surface area contributed by atoms with Gasteiger partial charge in [-0.05, 0) is 36.5 Å². The molecule has 1 aliphatic heterocycles. The summed E-state index contributed by atoms with van der Waals surface area (Å²) >= 11 is 2.92. The summed E-state index contributed by atoms with van der Waals surface area (Å²) < 4.78 is 12.2. The van der Waals surface area contributed by atoms with E-state index in [1.165, 1.54) is 23.1 Å². The van der Waals surface area contributed by atoms with Crippen LogP contribution in [0.5, 0.6) is 11.5 Å². The van der Waals surface area contributed by atoms with E-state index < -0.39 is 0 Å². The van der Waals surface area contributed by atoms with Gasteiger partial charge in [-0.3, -0.25) is 4.79 Å². The molecule has 1 saturated carbocycles. The van der Waals surface area contributed by atoms with Gasteiger partial charge in [0.05, 0.1) is 11.3 Å². The highest BCUT2D eigenvalue weighted by atomic mass is 32.2. The molecular formula is C21H28N4O3S2. The first kappa shape index (κ1) is 21.2. The maximum Gasteiger partial charge on any atom is 0.231 e. The van der Waals surface area contributed by atoms with Crippen molar-refractivity contribution in [2.45, 2.75) is 49.4 Å². The van der Waals surface area contributed by atoms with Crippen molar-refractivity contribution in [3.05, 3.63) is 23.8 Å². The molecule has 0 radical (unpaired) electrons. The third kappa shape index (κ3) is 5.00. The Morgan fingerprint density at radius 2 is 1.97 bits per heavy atom. The van der Waals surface area contributed by atoms with Gasteiger partial charge in [-0.15, -0.1) is 10.2 Å². The van der Waals surface area contributed by atoms with Gasteiger partial charge in [0.15, 0.2) is 15.8 Å². The number of nitrogens with zero attached hydrogens (tertiary/aromatic N) is 2. The van der Waals surface area contributed by atoms with Crippen LogP contribution in [0.2, 0.25) is 0 Å². The molecule has 2 aliphatic rings. The molecule has 2 aromatic rings. The number of carbonyl (C=O) groups excluding carboxylic acids is 1. The lowest BCUT2D eigenvalue weighted by Crippen LogP contribution is -2.44. The van der Waals surface area contributed by atoms with Crippen molar-refractivity contribution in [3.63, 3.8) is 0 Å². The Morgan fingerprint density at radius 3 is 2.73 bits per heavy atom. The molecule has 0 atom stereocenters. The fraction of sp³-hybridized carbons (Fsp3) is 0.571. The van der Waals surface area contributed by atoms with Crippen LogP contribution in [0.1, 0.15) is 45.1 Å². The SMILES string of the molecule is CC(C)CNc1nnc(SCC(=O)NC2(c3ccc4c(c3)OCCO4)CCCC2)s1. The standard InChI is InChI=1S/C21H28N4O3S2/c1-14(2)12-22-19-24-25-20(30-19)29-13-18(26)23-21(7-3-4-8-21)15-5-6-16-17(11-15)28-10-9-27-16/h5-6,11,14H,3-4,7-10,12-13H2,1-2H3,(H,22,24)(H,23,26). The van der Waals surface area contributed by atoms with E-state index in [4.69, 9.17) is 9.47 Å². The second-order valence-electron chi connectivity index (χ2n) is 8.13. The third-order valence-corrected chi connectivity index (χ3v) is 7.34. The van der Waals surface area contributed by atoms with Gasteiger partial charge < -0.3 is 20.1 Å². The summed E-state index contributed by atoms with van der Waals surface area (Å²) in [4.78, 5) is 12.8. The van der Waals surface area contributed by atoms with E-state index in [1.807, 2.05) is 12.1 Å². The Balaban J connectivity index is 1.38. The van der Waals surface area contributed by atoms with Crippen LogP contribution >= 0.6 is 23.1 Å². The summed E-state index contributed by atoms with van der Waals surface area (Å²) in [6.07, 6.45) is 4.07. The van der Waals surface area contributed by atoms with Gasteiger partial charge in [-0.25, -0.2) is 0 Å². The molecule has 7 nitrogen and oxygen atoms in total. The Hall–Kier alpha value is -2.00. The number of hydrogen-bond donors (Lipinski definition) is 2. The first-order valence-electron chi connectivity index (χ1n) is 10.5. The van der Waals surface area contributed by atoms with Crippen LogP contribution in [0.3, 0.4) is 0 Å². The number of aromatic nitrogens is 2. The van der Waals surface area contributed by atoms with Crippen LogP contribution in [0.15, 0.2) is 22.5 Å². The smallest absolute Gasteiger partial charge is 0.231 e. The molecule has 162 valence electrons. The van der Waals surface area contributed by atoms with Gasteiger partial charge in [0.2, 0.25) is 11.0 Å². The van der Waals surface area contributed by atoms with Gasteiger partial charge in [0.1, 0.15) is 13.2 Å². The summed E-state index contributed by atoms with van der Waals surface area (Å²) in [6.45, 7) is 6.29. The zero-order chi connectivity index (χ0) is 21.0. The minimum Gasteiger partial charge on any atom is -0.486 e. The zero-order valence-corrected chi connectivity index (χ0v) is 19.0. The maximum atomic E-state index is 12.8. The highest BCUT2D eigenvalue weighted by Gasteiger charge is 2.37. The molecule has 0 unspecified atom stereocenters. The molecule has 1 amide bonds. The number of rotatable bonds is 8. The Labute approximate surface area is 185 Å². The van der Waals surface area contributed by atoms with Crippen molar-refractivity contribution in [1.82, 2.24) is 15.5 Å².